The van der Waals surface area contributed by atoms with Gasteiger partial charge in [-0.3, -0.25) is 14.4 Å². The summed E-state index contributed by atoms with van der Waals surface area (Å²) in [5.74, 6) is -1.67. The molecule has 2 atom stereocenters. The minimum atomic E-state index is -0.768. The van der Waals surface area contributed by atoms with Crippen molar-refractivity contribution in [3.8, 4) is 11.8 Å². The van der Waals surface area contributed by atoms with Crippen molar-refractivity contribution in [3.05, 3.63) is 59.9 Å². The van der Waals surface area contributed by atoms with Crippen LogP contribution < -0.4 is 10.1 Å². The third kappa shape index (κ3) is 7.80. The van der Waals surface area contributed by atoms with Crippen LogP contribution in [0.2, 0.25) is 0 Å². The van der Waals surface area contributed by atoms with Gasteiger partial charge in [-0.15, -0.1) is 0 Å². The first-order valence-electron chi connectivity index (χ1n) is 11.7. The highest BCUT2D eigenvalue weighted by molar-refractivity contribution is 5.97. The molecule has 0 radical (unpaired) electrons. The molecule has 0 spiro atoms. The molecular weight excluding hydrogens is 463 g/mol. The fraction of sp³-hybridized carbons (Fsp3) is 0.407. The van der Waals surface area contributed by atoms with Crippen LogP contribution in [0.4, 0.5) is 10.1 Å². The Morgan fingerprint density at radius 2 is 1.83 bits per heavy atom. The second-order valence-electron chi connectivity index (χ2n) is 9.22. The molecule has 3 amide bonds. The standard InChI is InChI=1S/C23H23FN4O4.C4H10/c1-27(23(31)15-8-9-20(32-2)19(24)11-15)14-21(29)28-13-16(10-18(28)12-25)22(30)26-17-6-4-3-5-7-17;1-4(2)3/h3-9,11,16,18H,10,13-14H2,1-2H3,(H,26,30);4H,1-3H3. The number of rotatable bonds is 6. The summed E-state index contributed by atoms with van der Waals surface area (Å²) < 4.78 is 18.7. The lowest BCUT2D eigenvalue weighted by Crippen LogP contribution is -2.43. The van der Waals surface area contributed by atoms with Crippen molar-refractivity contribution < 1.29 is 23.5 Å². The smallest absolute Gasteiger partial charge is 0.254 e. The molecule has 2 aromatic carbocycles. The number of amides is 3. The van der Waals surface area contributed by atoms with Crippen molar-refractivity contribution in [2.24, 2.45) is 11.8 Å². The second kappa shape index (κ2) is 13.2. The number of anilines is 1. The van der Waals surface area contributed by atoms with Crippen molar-refractivity contribution in [1.29, 1.82) is 5.26 Å². The summed E-state index contributed by atoms with van der Waals surface area (Å²) in [6, 6.07) is 14.0. The topological polar surface area (TPSA) is 103 Å². The van der Waals surface area contributed by atoms with E-state index in [1.165, 1.54) is 31.2 Å². The van der Waals surface area contributed by atoms with Gasteiger partial charge in [0.05, 0.1) is 25.6 Å². The molecule has 1 saturated heterocycles. The van der Waals surface area contributed by atoms with E-state index in [1.54, 1.807) is 24.3 Å². The van der Waals surface area contributed by atoms with E-state index in [0.717, 1.165) is 16.9 Å². The van der Waals surface area contributed by atoms with Gasteiger partial charge in [0.2, 0.25) is 11.8 Å². The largest absolute Gasteiger partial charge is 0.494 e. The highest BCUT2D eigenvalue weighted by atomic mass is 19.1. The zero-order valence-corrected chi connectivity index (χ0v) is 21.3. The molecule has 0 aliphatic carbocycles. The summed E-state index contributed by atoms with van der Waals surface area (Å²) in [7, 11) is 2.74. The molecule has 0 saturated carbocycles. The Bertz CT molecular complexity index is 1100. The number of benzene rings is 2. The van der Waals surface area contributed by atoms with Gasteiger partial charge in [0.1, 0.15) is 6.04 Å². The summed E-state index contributed by atoms with van der Waals surface area (Å²) in [6.07, 6.45) is 0.211. The van der Waals surface area contributed by atoms with Gasteiger partial charge in [-0.1, -0.05) is 39.0 Å². The monoisotopic (exact) mass is 496 g/mol. The molecule has 192 valence electrons. The van der Waals surface area contributed by atoms with Gasteiger partial charge in [-0.25, -0.2) is 4.39 Å². The minimum Gasteiger partial charge on any atom is -0.494 e. The Hall–Kier alpha value is -3.93. The molecule has 0 bridgehead atoms. The van der Waals surface area contributed by atoms with Gasteiger partial charge in [0, 0.05) is 24.8 Å². The number of nitriles is 1. The first kappa shape index (κ1) is 28.3. The Kier molecular flexibility index (Phi) is 10.4. The Balaban J connectivity index is 0.00000106. The predicted octanol–water partition coefficient (Wildman–Crippen LogP) is 3.95. The second-order valence-corrected chi connectivity index (χ2v) is 9.22. The van der Waals surface area contributed by atoms with Crippen LogP contribution >= 0.6 is 0 Å². The number of halogens is 1. The lowest BCUT2D eigenvalue weighted by molar-refractivity contribution is -0.131. The van der Waals surface area contributed by atoms with Gasteiger partial charge in [0.25, 0.3) is 5.91 Å². The SMILES string of the molecule is CC(C)C.COc1ccc(C(=O)N(C)CC(=O)N2CC(C(=O)Nc3ccccc3)CC2C#N)cc1F. The number of carbonyl (C=O) groups excluding carboxylic acids is 3. The van der Waals surface area contributed by atoms with Crippen LogP contribution in [-0.2, 0) is 9.59 Å². The van der Waals surface area contributed by atoms with E-state index < -0.39 is 29.6 Å². The third-order valence-electron chi connectivity index (χ3n) is 5.30. The number of hydrogen-bond acceptors (Lipinski definition) is 5. The number of ether oxygens (including phenoxy) is 1. The quantitative estimate of drug-likeness (QED) is 0.652. The lowest BCUT2D eigenvalue weighted by atomic mass is 10.1. The van der Waals surface area contributed by atoms with Gasteiger partial charge < -0.3 is 19.9 Å². The summed E-state index contributed by atoms with van der Waals surface area (Å²) in [4.78, 5) is 40.4. The zero-order chi connectivity index (χ0) is 26.8. The molecular formula is C27H33FN4O4. The van der Waals surface area contributed by atoms with Gasteiger partial charge in [0.15, 0.2) is 11.6 Å². The summed E-state index contributed by atoms with van der Waals surface area (Å²) in [5.41, 5.74) is 0.699. The van der Waals surface area contributed by atoms with E-state index in [-0.39, 0.29) is 36.7 Å². The predicted molar refractivity (Wildman–Crippen MR) is 135 cm³/mol. The minimum absolute atomic E-state index is 0.00836. The average Bonchev–Trinajstić information content (AvgIpc) is 3.29. The van der Waals surface area contributed by atoms with Crippen LogP contribution in [0.1, 0.15) is 37.6 Å². The number of nitrogens with one attached hydrogen (secondary N) is 1. The van der Waals surface area contributed by atoms with E-state index in [4.69, 9.17) is 4.74 Å². The van der Waals surface area contributed by atoms with E-state index in [9.17, 15) is 24.0 Å². The number of hydrogen-bond donors (Lipinski definition) is 1. The van der Waals surface area contributed by atoms with Crippen LogP contribution in [0, 0.1) is 29.0 Å². The van der Waals surface area contributed by atoms with E-state index in [2.05, 4.69) is 32.2 Å². The highest BCUT2D eigenvalue weighted by Crippen LogP contribution is 2.25. The van der Waals surface area contributed by atoms with Crippen molar-refractivity contribution in [3.63, 3.8) is 0 Å². The first-order valence-corrected chi connectivity index (χ1v) is 11.7. The fourth-order valence-corrected chi connectivity index (χ4v) is 3.58. The van der Waals surface area contributed by atoms with E-state index >= 15 is 0 Å². The van der Waals surface area contributed by atoms with Crippen LogP contribution in [-0.4, -0.2) is 60.8 Å². The van der Waals surface area contributed by atoms with Crippen LogP contribution in [0.15, 0.2) is 48.5 Å². The zero-order valence-electron chi connectivity index (χ0n) is 21.3. The molecule has 36 heavy (non-hydrogen) atoms. The molecule has 8 nitrogen and oxygen atoms in total. The number of nitrogens with zero attached hydrogens (tertiary/aromatic N) is 3. The number of carbonyl (C=O) groups is 3. The fourth-order valence-electron chi connectivity index (χ4n) is 3.58. The van der Waals surface area contributed by atoms with Crippen molar-refractivity contribution >= 4 is 23.4 Å². The molecule has 1 aliphatic rings. The van der Waals surface area contributed by atoms with Gasteiger partial charge >= 0.3 is 0 Å². The maximum atomic E-state index is 13.9. The molecule has 0 aromatic heterocycles. The van der Waals surface area contributed by atoms with Crippen molar-refractivity contribution in [2.75, 3.05) is 32.6 Å². The number of para-hydroxylation sites is 1. The highest BCUT2D eigenvalue weighted by Gasteiger charge is 2.39. The Labute approximate surface area is 211 Å². The van der Waals surface area contributed by atoms with Crippen LogP contribution in [0.25, 0.3) is 0 Å². The average molecular weight is 497 g/mol. The molecule has 9 heteroatoms. The summed E-state index contributed by atoms with van der Waals surface area (Å²) >= 11 is 0. The molecule has 1 heterocycles. The molecule has 1 fully saturated rings. The Morgan fingerprint density at radius 3 is 2.39 bits per heavy atom. The van der Waals surface area contributed by atoms with Crippen molar-refractivity contribution in [1.82, 2.24) is 9.80 Å². The summed E-state index contributed by atoms with van der Waals surface area (Å²) in [6.45, 7) is 6.27. The van der Waals surface area contributed by atoms with Gasteiger partial charge in [-0.2, -0.15) is 5.26 Å². The lowest BCUT2D eigenvalue weighted by Gasteiger charge is -2.24. The number of likely N-dealkylation sites (N-methyl/N-ethyl adjacent to an activating group) is 1. The van der Waals surface area contributed by atoms with Crippen LogP contribution in [0.5, 0.6) is 5.75 Å². The molecule has 1 aliphatic heterocycles. The normalized spacial score (nSPS) is 16.4. The van der Waals surface area contributed by atoms with E-state index in [1.807, 2.05) is 6.07 Å². The van der Waals surface area contributed by atoms with Gasteiger partial charge in [-0.05, 0) is 42.7 Å². The van der Waals surface area contributed by atoms with E-state index in [0.29, 0.717) is 5.69 Å². The molecule has 2 unspecified atom stereocenters. The van der Waals surface area contributed by atoms with Crippen molar-refractivity contribution in [2.45, 2.75) is 33.2 Å². The third-order valence-corrected chi connectivity index (χ3v) is 5.30. The number of likely N-dealkylation sites (tertiary alicyclic amines) is 1. The Morgan fingerprint density at radius 1 is 1.19 bits per heavy atom. The first-order chi connectivity index (χ1) is 17.1. The maximum absolute atomic E-state index is 13.9. The molecule has 1 N–H and O–H groups in total. The molecule has 2 aromatic rings. The summed E-state index contributed by atoms with van der Waals surface area (Å²) in [5, 5.41) is 12.3. The molecule has 3 rings (SSSR count). The maximum Gasteiger partial charge on any atom is 0.254 e. The van der Waals surface area contributed by atoms with Crippen LogP contribution in [0.3, 0.4) is 0 Å². The number of methoxy groups -OCH3 is 1.